The Morgan fingerprint density at radius 1 is 1.21 bits per heavy atom. The van der Waals surface area contributed by atoms with Gasteiger partial charge in [-0.25, -0.2) is 9.48 Å². The fourth-order valence-corrected chi connectivity index (χ4v) is 3.79. The molecule has 1 unspecified atom stereocenters. The van der Waals surface area contributed by atoms with Crippen LogP contribution in [-0.2, 0) is 7.05 Å². The van der Waals surface area contributed by atoms with Gasteiger partial charge in [-0.3, -0.25) is 9.36 Å². The molecule has 152 valence electrons. The van der Waals surface area contributed by atoms with Crippen molar-refractivity contribution in [3.8, 4) is 11.5 Å². The summed E-state index contributed by atoms with van der Waals surface area (Å²) < 4.78 is 13.7. The lowest BCUT2D eigenvalue weighted by molar-refractivity contribution is 0.0702. The maximum absolute atomic E-state index is 13.1. The third-order valence-electron chi connectivity index (χ3n) is 5.20. The van der Waals surface area contributed by atoms with Gasteiger partial charge in [0.15, 0.2) is 11.5 Å². The van der Waals surface area contributed by atoms with E-state index in [1.165, 1.54) is 4.68 Å². The molecular weight excluding hydrogens is 360 g/mol. The standard InChI is InChI=1S/C20H28N4O4/c1-13(2)24-18(21-22(3)20(24)26)15-7-6-10-23(12-15)19(25)14-8-9-16(27-4)17(11-14)28-5/h8-9,11,13,15H,6-7,10,12H2,1-5H3. The minimum atomic E-state index is -0.117. The van der Waals surface area contributed by atoms with Crippen molar-refractivity contribution in [3.63, 3.8) is 0 Å². The molecule has 1 fully saturated rings. The molecule has 1 aliphatic rings. The van der Waals surface area contributed by atoms with Crippen LogP contribution < -0.4 is 15.2 Å². The Bertz CT molecular complexity index is 915. The van der Waals surface area contributed by atoms with Crippen molar-refractivity contribution in [2.45, 2.75) is 38.6 Å². The van der Waals surface area contributed by atoms with Gasteiger partial charge < -0.3 is 14.4 Å². The number of methoxy groups -OCH3 is 2. The van der Waals surface area contributed by atoms with E-state index in [1.54, 1.807) is 44.0 Å². The summed E-state index contributed by atoms with van der Waals surface area (Å²) in [4.78, 5) is 27.3. The van der Waals surface area contributed by atoms with E-state index in [1.807, 2.05) is 18.7 Å². The molecule has 2 heterocycles. The highest BCUT2D eigenvalue weighted by Gasteiger charge is 2.30. The number of carbonyl (C=O) groups is 1. The minimum absolute atomic E-state index is 0.0214. The Morgan fingerprint density at radius 3 is 2.57 bits per heavy atom. The SMILES string of the molecule is COc1ccc(C(=O)N2CCCC(c3nn(C)c(=O)n3C(C)C)C2)cc1OC. The number of aryl methyl sites for hydroxylation is 1. The summed E-state index contributed by atoms with van der Waals surface area (Å²) in [6, 6.07) is 5.21. The van der Waals surface area contributed by atoms with Gasteiger partial charge in [0.1, 0.15) is 5.82 Å². The summed E-state index contributed by atoms with van der Waals surface area (Å²) in [7, 11) is 4.78. The lowest BCUT2D eigenvalue weighted by Gasteiger charge is -2.32. The van der Waals surface area contributed by atoms with Gasteiger partial charge in [0.25, 0.3) is 5.91 Å². The number of hydrogen-bond donors (Lipinski definition) is 0. The van der Waals surface area contributed by atoms with Crippen LogP contribution >= 0.6 is 0 Å². The number of likely N-dealkylation sites (tertiary alicyclic amines) is 1. The Morgan fingerprint density at radius 2 is 1.93 bits per heavy atom. The number of amides is 1. The van der Waals surface area contributed by atoms with Gasteiger partial charge in [0, 0.05) is 37.7 Å². The molecule has 1 atom stereocenters. The van der Waals surface area contributed by atoms with Crippen molar-refractivity contribution >= 4 is 5.91 Å². The van der Waals surface area contributed by atoms with E-state index in [0.29, 0.717) is 30.2 Å². The zero-order valence-electron chi connectivity index (χ0n) is 17.1. The summed E-state index contributed by atoms with van der Waals surface area (Å²) in [5.74, 6) is 1.85. The summed E-state index contributed by atoms with van der Waals surface area (Å²) in [5, 5.41) is 4.46. The van der Waals surface area contributed by atoms with Gasteiger partial charge in [0.2, 0.25) is 0 Å². The second kappa shape index (κ2) is 8.08. The molecule has 1 saturated heterocycles. The molecule has 0 bridgehead atoms. The fraction of sp³-hybridized carbons (Fsp3) is 0.550. The zero-order chi connectivity index (χ0) is 20.4. The molecule has 3 rings (SSSR count). The van der Waals surface area contributed by atoms with Gasteiger partial charge in [-0.05, 0) is 44.9 Å². The van der Waals surface area contributed by atoms with Crippen LogP contribution in [0.5, 0.6) is 11.5 Å². The van der Waals surface area contributed by atoms with Crippen LogP contribution in [0, 0.1) is 0 Å². The number of piperidine rings is 1. The molecule has 28 heavy (non-hydrogen) atoms. The maximum Gasteiger partial charge on any atom is 0.345 e. The highest BCUT2D eigenvalue weighted by Crippen LogP contribution is 2.30. The Labute approximate surface area is 164 Å². The number of benzene rings is 1. The predicted molar refractivity (Wildman–Crippen MR) is 105 cm³/mol. The van der Waals surface area contributed by atoms with Gasteiger partial charge in [0.05, 0.1) is 14.2 Å². The lowest BCUT2D eigenvalue weighted by Crippen LogP contribution is -2.40. The number of ether oxygens (including phenoxy) is 2. The summed E-state index contributed by atoms with van der Waals surface area (Å²) in [6.45, 7) is 5.17. The normalized spacial score (nSPS) is 17.1. The van der Waals surface area contributed by atoms with E-state index in [-0.39, 0.29) is 23.6 Å². The Hall–Kier alpha value is -2.77. The molecule has 1 aromatic carbocycles. The highest BCUT2D eigenvalue weighted by molar-refractivity contribution is 5.95. The molecule has 8 heteroatoms. The smallest absolute Gasteiger partial charge is 0.345 e. The van der Waals surface area contributed by atoms with E-state index in [4.69, 9.17) is 9.47 Å². The average Bonchev–Trinajstić information content (AvgIpc) is 3.01. The second-order valence-corrected chi connectivity index (χ2v) is 7.39. The predicted octanol–water partition coefficient (Wildman–Crippen LogP) is 2.20. The van der Waals surface area contributed by atoms with Crippen LogP contribution in [0.3, 0.4) is 0 Å². The lowest BCUT2D eigenvalue weighted by atomic mass is 9.96. The molecule has 0 spiro atoms. The fourth-order valence-electron chi connectivity index (χ4n) is 3.79. The minimum Gasteiger partial charge on any atom is -0.493 e. The van der Waals surface area contributed by atoms with Crippen LogP contribution in [0.15, 0.2) is 23.0 Å². The first-order chi connectivity index (χ1) is 13.4. The summed E-state index contributed by atoms with van der Waals surface area (Å²) in [5.41, 5.74) is 0.439. The van der Waals surface area contributed by atoms with Crippen molar-refractivity contribution in [3.05, 3.63) is 40.1 Å². The molecule has 0 N–H and O–H groups in total. The van der Waals surface area contributed by atoms with Gasteiger partial charge in [-0.2, -0.15) is 5.10 Å². The van der Waals surface area contributed by atoms with Gasteiger partial charge >= 0.3 is 5.69 Å². The topological polar surface area (TPSA) is 78.6 Å². The average molecular weight is 388 g/mol. The molecule has 1 aromatic heterocycles. The quantitative estimate of drug-likeness (QED) is 0.785. The molecule has 2 aromatic rings. The zero-order valence-corrected chi connectivity index (χ0v) is 17.1. The van der Waals surface area contributed by atoms with Crippen molar-refractivity contribution in [1.82, 2.24) is 19.2 Å². The second-order valence-electron chi connectivity index (χ2n) is 7.39. The summed E-state index contributed by atoms with van der Waals surface area (Å²) >= 11 is 0. The van der Waals surface area contributed by atoms with Gasteiger partial charge in [-0.15, -0.1) is 0 Å². The summed E-state index contributed by atoms with van der Waals surface area (Å²) in [6.07, 6.45) is 1.77. The monoisotopic (exact) mass is 388 g/mol. The van der Waals surface area contributed by atoms with Crippen molar-refractivity contribution in [1.29, 1.82) is 0 Å². The van der Waals surface area contributed by atoms with Crippen molar-refractivity contribution in [2.75, 3.05) is 27.3 Å². The van der Waals surface area contributed by atoms with E-state index >= 15 is 0 Å². The third-order valence-corrected chi connectivity index (χ3v) is 5.20. The van der Waals surface area contributed by atoms with Gasteiger partial charge in [-0.1, -0.05) is 0 Å². The van der Waals surface area contributed by atoms with Crippen molar-refractivity contribution in [2.24, 2.45) is 7.05 Å². The number of hydrogen-bond acceptors (Lipinski definition) is 5. The molecule has 0 radical (unpaired) electrons. The van der Waals surface area contributed by atoms with Crippen molar-refractivity contribution < 1.29 is 14.3 Å². The molecule has 1 aliphatic heterocycles. The Balaban J connectivity index is 1.85. The van der Waals surface area contributed by atoms with Crippen LogP contribution in [-0.4, -0.2) is 52.5 Å². The first-order valence-electron chi connectivity index (χ1n) is 9.54. The molecule has 0 aliphatic carbocycles. The number of nitrogens with zero attached hydrogens (tertiary/aromatic N) is 4. The maximum atomic E-state index is 13.1. The number of aromatic nitrogens is 3. The third kappa shape index (κ3) is 3.63. The first-order valence-corrected chi connectivity index (χ1v) is 9.54. The van der Waals surface area contributed by atoms with Crippen LogP contribution in [0.25, 0.3) is 0 Å². The molecule has 0 saturated carbocycles. The number of carbonyl (C=O) groups excluding carboxylic acids is 1. The van der Waals surface area contributed by atoms with E-state index in [2.05, 4.69) is 5.10 Å². The first kappa shape index (κ1) is 20.0. The van der Waals surface area contributed by atoms with E-state index in [0.717, 1.165) is 18.7 Å². The largest absolute Gasteiger partial charge is 0.493 e. The molecule has 8 nitrogen and oxygen atoms in total. The van der Waals surface area contributed by atoms with E-state index < -0.39 is 0 Å². The Kier molecular flexibility index (Phi) is 5.76. The van der Waals surface area contributed by atoms with Crippen LogP contribution in [0.4, 0.5) is 0 Å². The molecular formula is C20H28N4O4. The van der Waals surface area contributed by atoms with Crippen LogP contribution in [0.1, 0.15) is 54.8 Å². The van der Waals surface area contributed by atoms with E-state index in [9.17, 15) is 9.59 Å². The molecule has 1 amide bonds. The highest BCUT2D eigenvalue weighted by atomic mass is 16.5. The number of rotatable bonds is 5. The van der Waals surface area contributed by atoms with Crippen LogP contribution in [0.2, 0.25) is 0 Å².